The third-order valence-corrected chi connectivity index (χ3v) is 3.44. The minimum atomic E-state index is 0.198. The van der Waals surface area contributed by atoms with E-state index in [1.54, 1.807) is 0 Å². The number of benzene rings is 1. The van der Waals surface area contributed by atoms with Crippen LogP contribution < -0.4 is 10.5 Å². The Kier molecular flexibility index (Phi) is 4.02. The summed E-state index contributed by atoms with van der Waals surface area (Å²) in [5.74, 6) is 0.963. The van der Waals surface area contributed by atoms with Crippen molar-refractivity contribution in [2.45, 2.75) is 38.9 Å². The summed E-state index contributed by atoms with van der Waals surface area (Å²) in [5, 5.41) is 0. The molecule has 1 aliphatic rings. The highest BCUT2D eigenvalue weighted by atomic mass is 16.5. The lowest BCUT2D eigenvalue weighted by atomic mass is 10.1. The molecule has 0 spiro atoms. The fourth-order valence-electron chi connectivity index (χ4n) is 2.14. The van der Waals surface area contributed by atoms with Crippen LogP contribution in [0.4, 0.5) is 0 Å². The van der Waals surface area contributed by atoms with Crippen molar-refractivity contribution < 1.29 is 9.47 Å². The van der Waals surface area contributed by atoms with Crippen LogP contribution in [0.25, 0.3) is 0 Å². The summed E-state index contributed by atoms with van der Waals surface area (Å²) in [5.41, 5.74) is 8.05. The lowest BCUT2D eigenvalue weighted by Gasteiger charge is -2.15. The number of nitrogens with two attached hydrogens (primary N) is 1. The van der Waals surface area contributed by atoms with Crippen LogP contribution in [-0.4, -0.2) is 25.4 Å². The maximum absolute atomic E-state index is 5.83. The minimum absolute atomic E-state index is 0.198. The quantitative estimate of drug-likeness (QED) is 0.870. The van der Waals surface area contributed by atoms with Crippen molar-refractivity contribution in [3.63, 3.8) is 0 Å². The van der Waals surface area contributed by atoms with Crippen molar-refractivity contribution in [1.29, 1.82) is 0 Å². The highest BCUT2D eigenvalue weighted by Crippen LogP contribution is 2.23. The fraction of sp³-hybridized carbons (Fsp3) is 0.571. The lowest BCUT2D eigenvalue weighted by molar-refractivity contribution is 0.0220. The van der Waals surface area contributed by atoms with Gasteiger partial charge in [-0.25, -0.2) is 0 Å². The van der Waals surface area contributed by atoms with Crippen molar-refractivity contribution >= 4 is 0 Å². The zero-order valence-corrected chi connectivity index (χ0v) is 10.6. The van der Waals surface area contributed by atoms with Gasteiger partial charge in [0.25, 0.3) is 0 Å². The van der Waals surface area contributed by atoms with E-state index in [1.807, 2.05) is 12.1 Å². The Balaban J connectivity index is 1.88. The predicted octanol–water partition coefficient (Wildman–Crippen LogP) is 2.19. The van der Waals surface area contributed by atoms with Crippen LogP contribution in [0.1, 0.15) is 24.0 Å². The highest BCUT2D eigenvalue weighted by Gasteiger charge is 2.24. The van der Waals surface area contributed by atoms with Crippen LogP contribution in [0.5, 0.6) is 5.75 Å². The summed E-state index contributed by atoms with van der Waals surface area (Å²) in [6.45, 7) is 5.42. The Bertz CT molecular complexity index is 378. The van der Waals surface area contributed by atoms with Gasteiger partial charge in [-0.1, -0.05) is 12.1 Å². The van der Waals surface area contributed by atoms with E-state index in [0.29, 0.717) is 13.2 Å². The van der Waals surface area contributed by atoms with Gasteiger partial charge in [0.05, 0.1) is 12.2 Å². The second-order valence-corrected chi connectivity index (χ2v) is 4.70. The summed E-state index contributed by atoms with van der Waals surface area (Å²) in [4.78, 5) is 0. The van der Waals surface area contributed by atoms with Gasteiger partial charge in [0.1, 0.15) is 12.4 Å². The van der Waals surface area contributed by atoms with Crippen LogP contribution >= 0.6 is 0 Å². The first kappa shape index (κ1) is 12.4. The van der Waals surface area contributed by atoms with Crippen LogP contribution in [0, 0.1) is 13.8 Å². The van der Waals surface area contributed by atoms with Crippen molar-refractivity contribution in [2.24, 2.45) is 5.73 Å². The Morgan fingerprint density at radius 1 is 1.29 bits per heavy atom. The zero-order valence-electron chi connectivity index (χ0n) is 10.6. The first-order chi connectivity index (χ1) is 8.20. The molecule has 2 atom stereocenters. The van der Waals surface area contributed by atoms with Gasteiger partial charge in [0.15, 0.2) is 0 Å². The number of aryl methyl sites for hydroxylation is 1. The van der Waals surface area contributed by atoms with E-state index in [2.05, 4.69) is 19.9 Å². The SMILES string of the molecule is Cc1cccc(OCC2CCC(CN)O2)c1C. The van der Waals surface area contributed by atoms with E-state index in [-0.39, 0.29) is 12.2 Å². The summed E-state index contributed by atoms with van der Waals surface area (Å²) in [7, 11) is 0. The number of hydrogen-bond donors (Lipinski definition) is 1. The standard InChI is InChI=1S/C14H21NO2/c1-10-4-3-5-14(11(10)2)16-9-13-7-6-12(8-15)17-13/h3-5,12-13H,6-9,15H2,1-2H3. The Morgan fingerprint density at radius 3 is 2.76 bits per heavy atom. The Hall–Kier alpha value is -1.06. The molecular formula is C14H21NO2. The van der Waals surface area contributed by atoms with Gasteiger partial charge in [-0.2, -0.15) is 0 Å². The molecular weight excluding hydrogens is 214 g/mol. The molecule has 0 saturated carbocycles. The van der Waals surface area contributed by atoms with Gasteiger partial charge in [-0.15, -0.1) is 0 Å². The van der Waals surface area contributed by atoms with Gasteiger partial charge in [0, 0.05) is 6.54 Å². The summed E-state index contributed by atoms with van der Waals surface area (Å²) in [6, 6.07) is 6.13. The molecule has 0 bridgehead atoms. The fourth-order valence-corrected chi connectivity index (χ4v) is 2.14. The molecule has 1 heterocycles. The zero-order chi connectivity index (χ0) is 12.3. The predicted molar refractivity (Wildman–Crippen MR) is 68.4 cm³/mol. The summed E-state index contributed by atoms with van der Waals surface area (Å²) >= 11 is 0. The van der Waals surface area contributed by atoms with E-state index in [1.165, 1.54) is 11.1 Å². The molecule has 1 aliphatic heterocycles. The molecule has 0 aliphatic carbocycles. The molecule has 2 rings (SSSR count). The molecule has 2 N–H and O–H groups in total. The Labute approximate surface area is 103 Å². The van der Waals surface area contributed by atoms with Gasteiger partial charge >= 0.3 is 0 Å². The maximum atomic E-state index is 5.83. The number of ether oxygens (including phenoxy) is 2. The molecule has 1 saturated heterocycles. The van der Waals surface area contributed by atoms with Gasteiger partial charge < -0.3 is 15.2 Å². The molecule has 1 fully saturated rings. The summed E-state index contributed by atoms with van der Waals surface area (Å²) < 4.78 is 11.6. The topological polar surface area (TPSA) is 44.5 Å². The van der Waals surface area contributed by atoms with Crippen LogP contribution in [-0.2, 0) is 4.74 Å². The van der Waals surface area contributed by atoms with Crippen molar-refractivity contribution in [3.05, 3.63) is 29.3 Å². The molecule has 1 aromatic carbocycles. The number of rotatable bonds is 4. The highest BCUT2D eigenvalue weighted by molar-refractivity contribution is 5.38. The van der Waals surface area contributed by atoms with E-state index in [4.69, 9.17) is 15.2 Å². The molecule has 3 nitrogen and oxygen atoms in total. The third kappa shape index (κ3) is 2.99. The molecule has 94 valence electrons. The molecule has 0 amide bonds. The van der Waals surface area contributed by atoms with Crippen molar-refractivity contribution in [3.8, 4) is 5.75 Å². The largest absolute Gasteiger partial charge is 0.491 e. The third-order valence-electron chi connectivity index (χ3n) is 3.44. The van der Waals surface area contributed by atoms with Gasteiger partial charge in [-0.05, 0) is 43.9 Å². The monoisotopic (exact) mass is 235 g/mol. The normalized spacial score (nSPS) is 23.9. The van der Waals surface area contributed by atoms with E-state index < -0.39 is 0 Å². The second-order valence-electron chi connectivity index (χ2n) is 4.70. The van der Waals surface area contributed by atoms with Crippen LogP contribution in [0.2, 0.25) is 0 Å². The first-order valence-electron chi connectivity index (χ1n) is 6.25. The lowest BCUT2D eigenvalue weighted by Crippen LogP contribution is -2.23. The average molecular weight is 235 g/mol. The molecule has 3 heteroatoms. The molecule has 0 radical (unpaired) electrons. The minimum Gasteiger partial charge on any atom is -0.491 e. The van der Waals surface area contributed by atoms with Crippen LogP contribution in [0.3, 0.4) is 0 Å². The number of hydrogen-bond acceptors (Lipinski definition) is 3. The molecule has 2 unspecified atom stereocenters. The van der Waals surface area contributed by atoms with E-state index in [0.717, 1.165) is 18.6 Å². The van der Waals surface area contributed by atoms with E-state index in [9.17, 15) is 0 Å². The first-order valence-corrected chi connectivity index (χ1v) is 6.25. The second kappa shape index (κ2) is 5.52. The van der Waals surface area contributed by atoms with Crippen LogP contribution in [0.15, 0.2) is 18.2 Å². The summed E-state index contributed by atoms with van der Waals surface area (Å²) in [6.07, 6.45) is 2.52. The van der Waals surface area contributed by atoms with E-state index >= 15 is 0 Å². The van der Waals surface area contributed by atoms with Crippen molar-refractivity contribution in [1.82, 2.24) is 0 Å². The van der Waals surface area contributed by atoms with Gasteiger partial charge in [-0.3, -0.25) is 0 Å². The molecule has 17 heavy (non-hydrogen) atoms. The molecule has 1 aromatic rings. The van der Waals surface area contributed by atoms with Crippen molar-refractivity contribution in [2.75, 3.05) is 13.2 Å². The molecule has 0 aromatic heterocycles. The Morgan fingerprint density at radius 2 is 2.06 bits per heavy atom. The average Bonchev–Trinajstić information content (AvgIpc) is 2.79. The van der Waals surface area contributed by atoms with Gasteiger partial charge in [0.2, 0.25) is 0 Å². The smallest absolute Gasteiger partial charge is 0.122 e. The maximum Gasteiger partial charge on any atom is 0.122 e.